The minimum Gasteiger partial charge on any atom is -0.394 e. The van der Waals surface area contributed by atoms with Crippen molar-refractivity contribution >= 4 is 0 Å². The zero-order valence-electron chi connectivity index (χ0n) is 6.93. The quantitative estimate of drug-likeness (QED) is 0.392. The van der Waals surface area contributed by atoms with E-state index in [1.807, 2.05) is 0 Å². The summed E-state index contributed by atoms with van der Waals surface area (Å²) in [5, 5.41) is 35.6. The van der Waals surface area contributed by atoms with Gasteiger partial charge in [-0.25, -0.2) is 0 Å². The SMILES string of the molecule is C=CCC(O)C[C@H](O)[C@H](O)CO. The molecule has 12 heavy (non-hydrogen) atoms. The Kier molecular flexibility index (Phi) is 5.92. The Bertz CT molecular complexity index is 126. The minimum atomic E-state index is -1.18. The Morgan fingerprint density at radius 3 is 2.17 bits per heavy atom. The Morgan fingerprint density at radius 1 is 1.17 bits per heavy atom. The van der Waals surface area contributed by atoms with Crippen LogP contribution in [-0.4, -0.2) is 45.3 Å². The van der Waals surface area contributed by atoms with E-state index in [4.69, 9.17) is 20.4 Å². The molecule has 0 aliphatic carbocycles. The third-order valence-electron chi connectivity index (χ3n) is 1.58. The van der Waals surface area contributed by atoms with Gasteiger partial charge >= 0.3 is 0 Å². The summed E-state index contributed by atoms with van der Waals surface area (Å²) in [7, 11) is 0. The predicted molar refractivity (Wildman–Crippen MR) is 44.5 cm³/mol. The highest BCUT2D eigenvalue weighted by Gasteiger charge is 2.18. The second-order valence-electron chi connectivity index (χ2n) is 2.73. The average molecular weight is 176 g/mol. The summed E-state index contributed by atoms with van der Waals surface area (Å²) in [6.07, 6.45) is -1.01. The monoisotopic (exact) mass is 176 g/mol. The minimum absolute atomic E-state index is 0.0494. The molecule has 0 bridgehead atoms. The van der Waals surface area contributed by atoms with Crippen molar-refractivity contribution in [2.75, 3.05) is 6.61 Å². The van der Waals surface area contributed by atoms with Crippen molar-refractivity contribution < 1.29 is 20.4 Å². The van der Waals surface area contributed by atoms with Crippen LogP contribution in [0.5, 0.6) is 0 Å². The third-order valence-corrected chi connectivity index (χ3v) is 1.58. The van der Waals surface area contributed by atoms with Crippen molar-refractivity contribution in [1.82, 2.24) is 0 Å². The maximum absolute atomic E-state index is 9.14. The second kappa shape index (κ2) is 6.14. The topological polar surface area (TPSA) is 80.9 Å². The van der Waals surface area contributed by atoms with Crippen LogP contribution >= 0.6 is 0 Å². The number of aliphatic hydroxyl groups excluding tert-OH is 4. The molecule has 4 heteroatoms. The van der Waals surface area contributed by atoms with E-state index in [0.29, 0.717) is 6.42 Å². The van der Waals surface area contributed by atoms with E-state index in [0.717, 1.165) is 0 Å². The maximum Gasteiger partial charge on any atom is 0.103 e. The summed E-state index contributed by atoms with van der Waals surface area (Å²) < 4.78 is 0. The third kappa shape index (κ3) is 4.46. The number of hydrogen-bond donors (Lipinski definition) is 4. The fraction of sp³-hybridized carbons (Fsp3) is 0.750. The molecule has 0 aromatic rings. The highest BCUT2D eigenvalue weighted by atomic mass is 16.4. The van der Waals surface area contributed by atoms with E-state index in [2.05, 4.69) is 6.58 Å². The molecule has 1 unspecified atom stereocenters. The Labute approximate surface area is 71.8 Å². The molecule has 0 aliphatic rings. The van der Waals surface area contributed by atoms with Crippen LogP contribution in [0.4, 0.5) is 0 Å². The lowest BCUT2D eigenvalue weighted by Crippen LogP contribution is -2.32. The van der Waals surface area contributed by atoms with Crippen molar-refractivity contribution in [3.05, 3.63) is 12.7 Å². The molecule has 0 rings (SSSR count). The van der Waals surface area contributed by atoms with E-state index in [1.165, 1.54) is 6.08 Å². The number of rotatable bonds is 6. The summed E-state index contributed by atoms with van der Waals surface area (Å²) in [5.74, 6) is 0. The summed E-state index contributed by atoms with van der Waals surface area (Å²) in [6, 6.07) is 0. The van der Waals surface area contributed by atoms with Crippen LogP contribution < -0.4 is 0 Å². The van der Waals surface area contributed by atoms with Crippen LogP contribution in [0.3, 0.4) is 0 Å². The van der Waals surface area contributed by atoms with Gasteiger partial charge in [0.1, 0.15) is 6.10 Å². The van der Waals surface area contributed by atoms with Crippen LogP contribution in [0.2, 0.25) is 0 Å². The van der Waals surface area contributed by atoms with Gasteiger partial charge in [-0.2, -0.15) is 0 Å². The standard InChI is InChI=1S/C8H16O4/c1-2-3-6(10)4-7(11)8(12)5-9/h2,6-12H,1,3-5H2/t6?,7-,8+/m0/s1. The van der Waals surface area contributed by atoms with Crippen molar-refractivity contribution in [2.24, 2.45) is 0 Å². The first-order valence-corrected chi connectivity index (χ1v) is 3.87. The Morgan fingerprint density at radius 2 is 1.75 bits per heavy atom. The molecule has 0 saturated carbocycles. The molecule has 0 heterocycles. The smallest absolute Gasteiger partial charge is 0.103 e. The largest absolute Gasteiger partial charge is 0.394 e. The van der Waals surface area contributed by atoms with Crippen molar-refractivity contribution in [3.63, 3.8) is 0 Å². The lowest BCUT2D eigenvalue weighted by molar-refractivity contribution is -0.0357. The van der Waals surface area contributed by atoms with Gasteiger partial charge in [0.25, 0.3) is 0 Å². The van der Waals surface area contributed by atoms with Crippen LogP contribution in [0.1, 0.15) is 12.8 Å². The fourth-order valence-corrected chi connectivity index (χ4v) is 0.846. The normalized spacial score (nSPS) is 18.3. The van der Waals surface area contributed by atoms with E-state index in [9.17, 15) is 0 Å². The average Bonchev–Trinajstić information content (AvgIpc) is 2.03. The molecule has 0 radical (unpaired) electrons. The van der Waals surface area contributed by atoms with Crippen molar-refractivity contribution in [1.29, 1.82) is 0 Å². The Hall–Kier alpha value is -0.420. The van der Waals surface area contributed by atoms with E-state index in [-0.39, 0.29) is 6.42 Å². The molecule has 0 aromatic heterocycles. The first-order valence-electron chi connectivity index (χ1n) is 3.87. The van der Waals surface area contributed by atoms with Crippen LogP contribution in [0.25, 0.3) is 0 Å². The first kappa shape index (κ1) is 11.6. The van der Waals surface area contributed by atoms with Gasteiger partial charge in [-0.05, 0) is 6.42 Å². The van der Waals surface area contributed by atoms with Crippen molar-refractivity contribution in [3.8, 4) is 0 Å². The van der Waals surface area contributed by atoms with Gasteiger partial charge in [0.05, 0.1) is 18.8 Å². The lowest BCUT2D eigenvalue weighted by Gasteiger charge is -2.17. The van der Waals surface area contributed by atoms with Crippen molar-refractivity contribution in [2.45, 2.75) is 31.2 Å². The van der Waals surface area contributed by atoms with Gasteiger partial charge in [0.15, 0.2) is 0 Å². The lowest BCUT2D eigenvalue weighted by atomic mass is 10.1. The van der Waals surface area contributed by atoms with Gasteiger partial charge in [-0.1, -0.05) is 6.08 Å². The molecule has 0 aliphatic heterocycles. The van der Waals surface area contributed by atoms with E-state index in [1.54, 1.807) is 0 Å². The van der Waals surface area contributed by atoms with Gasteiger partial charge in [0.2, 0.25) is 0 Å². The molecule has 0 fully saturated rings. The zero-order valence-corrected chi connectivity index (χ0v) is 6.93. The summed E-state index contributed by atoms with van der Waals surface area (Å²) >= 11 is 0. The van der Waals surface area contributed by atoms with Gasteiger partial charge in [0, 0.05) is 6.42 Å². The van der Waals surface area contributed by atoms with Crippen LogP contribution in [0.15, 0.2) is 12.7 Å². The van der Waals surface area contributed by atoms with Crippen LogP contribution in [0, 0.1) is 0 Å². The predicted octanol–water partition coefficient (Wildman–Crippen LogP) is -0.972. The summed E-state index contributed by atoms with van der Waals surface area (Å²) in [5.41, 5.74) is 0. The highest BCUT2D eigenvalue weighted by Crippen LogP contribution is 2.06. The second-order valence-corrected chi connectivity index (χ2v) is 2.73. The van der Waals surface area contributed by atoms with Gasteiger partial charge in [-0.3, -0.25) is 0 Å². The molecular weight excluding hydrogens is 160 g/mol. The molecular formula is C8H16O4. The highest BCUT2D eigenvalue weighted by molar-refractivity contribution is 4.76. The zero-order chi connectivity index (χ0) is 9.56. The van der Waals surface area contributed by atoms with E-state index < -0.39 is 24.9 Å². The maximum atomic E-state index is 9.14. The van der Waals surface area contributed by atoms with Crippen LogP contribution in [-0.2, 0) is 0 Å². The molecule has 0 aromatic carbocycles. The molecule has 4 nitrogen and oxygen atoms in total. The molecule has 72 valence electrons. The first-order chi connectivity index (χ1) is 5.61. The molecule has 4 N–H and O–H groups in total. The van der Waals surface area contributed by atoms with Gasteiger partial charge < -0.3 is 20.4 Å². The Balaban J connectivity index is 3.66. The molecule has 0 spiro atoms. The summed E-state index contributed by atoms with van der Waals surface area (Å²) in [6.45, 7) is 2.92. The molecule has 0 saturated heterocycles. The molecule has 3 atom stereocenters. The molecule has 0 amide bonds. The number of aliphatic hydroxyl groups is 4. The fourth-order valence-electron chi connectivity index (χ4n) is 0.846. The number of hydrogen-bond acceptors (Lipinski definition) is 4. The van der Waals surface area contributed by atoms with Gasteiger partial charge in [-0.15, -0.1) is 6.58 Å². The van der Waals surface area contributed by atoms with E-state index >= 15 is 0 Å². The summed E-state index contributed by atoms with van der Waals surface area (Å²) in [4.78, 5) is 0.